The van der Waals surface area contributed by atoms with E-state index in [1.807, 2.05) is 18.7 Å². The molecule has 0 bridgehead atoms. The van der Waals surface area contributed by atoms with Crippen molar-refractivity contribution in [3.63, 3.8) is 0 Å². The third kappa shape index (κ3) is 5.57. The number of nitrogens with zero attached hydrogens (tertiary/aromatic N) is 2. The number of hydrogen-bond donors (Lipinski definition) is 1. The first-order chi connectivity index (χ1) is 13.5. The summed E-state index contributed by atoms with van der Waals surface area (Å²) in [6.45, 7) is 9.18. The summed E-state index contributed by atoms with van der Waals surface area (Å²) >= 11 is 0. The first-order valence-corrected chi connectivity index (χ1v) is 10.1. The molecule has 1 amide bonds. The standard InChI is InChI=1S/C23H31N3O2/c1-18(2)17-28-23(27)26-11-9-25(10-12-26)16-20-6-4-8-22(14-20)21-7-3-5-19(13-21)15-24/h3-8,13-14,18H,9-12,15-17,24H2,1-2H3. The van der Waals surface area contributed by atoms with Crippen LogP contribution in [0.5, 0.6) is 0 Å². The molecular weight excluding hydrogens is 350 g/mol. The van der Waals surface area contributed by atoms with Gasteiger partial charge in [-0.15, -0.1) is 0 Å². The Kier molecular flexibility index (Phi) is 7.06. The summed E-state index contributed by atoms with van der Waals surface area (Å²) in [5.74, 6) is 0.364. The van der Waals surface area contributed by atoms with Crippen LogP contribution < -0.4 is 5.73 Å². The zero-order valence-electron chi connectivity index (χ0n) is 16.9. The average molecular weight is 382 g/mol. The van der Waals surface area contributed by atoms with Crippen LogP contribution >= 0.6 is 0 Å². The fourth-order valence-electron chi connectivity index (χ4n) is 3.40. The van der Waals surface area contributed by atoms with Gasteiger partial charge in [0, 0.05) is 39.3 Å². The van der Waals surface area contributed by atoms with Crippen LogP contribution in [-0.2, 0) is 17.8 Å². The molecule has 1 saturated heterocycles. The van der Waals surface area contributed by atoms with E-state index >= 15 is 0 Å². The van der Waals surface area contributed by atoms with Crippen molar-refractivity contribution >= 4 is 6.09 Å². The van der Waals surface area contributed by atoms with Crippen LogP contribution in [0.15, 0.2) is 48.5 Å². The largest absolute Gasteiger partial charge is 0.449 e. The van der Waals surface area contributed by atoms with Crippen molar-refractivity contribution in [2.45, 2.75) is 26.9 Å². The molecule has 0 aliphatic carbocycles. The molecule has 0 saturated carbocycles. The van der Waals surface area contributed by atoms with Crippen LogP contribution in [0, 0.1) is 5.92 Å². The highest BCUT2D eigenvalue weighted by Crippen LogP contribution is 2.22. The molecule has 5 heteroatoms. The molecule has 28 heavy (non-hydrogen) atoms. The molecule has 2 aromatic rings. The van der Waals surface area contributed by atoms with E-state index in [2.05, 4.69) is 53.4 Å². The second-order valence-corrected chi connectivity index (χ2v) is 7.84. The van der Waals surface area contributed by atoms with Gasteiger partial charge >= 0.3 is 6.09 Å². The summed E-state index contributed by atoms with van der Waals surface area (Å²) in [4.78, 5) is 16.3. The van der Waals surface area contributed by atoms with Gasteiger partial charge in [-0.25, -0.2) is 4.79 Å². The van der Waals surface area contributed by atoms with Crippen molar-refractivity contribution in [2.24, 2.45) is 11.7 Å². The van der Waals surface area contributed by atoms with Gasteiger partial charge in [0.25, 0.3) is 0 Å². The number of amides is 1. The number of nitrogens with two attached hydrogens (primary N) is 1. The fourth-order valence-corrected chi connectivity index (χ4v) is 3.40. The molecule has 3 rings (SSSR count). The fraction of sp³-hybridized carbons (Fsp3) is 0.435. The number of carbonyl (C=O) groups is 1. The van der Waals surface area contributed by atoms with Crippen LogP contribution in [0.2, 0.25) is 0 Å². The van der Waals surface area contributed by atoms with Gasteiger partial charge in [0.05, 0.1) is 6.61 Å². The lowest BCUT2D eigenvalue weighted by Gasteiger charge is -2.34. The van der Waals surface area contributed by atoms with Gasteiger partial charge in [0.15, 0.2) is 0 Å². The van der Waals surface area contributed by atoms with Crippen molar-refractivity contribution < 1.29 is 9.53 Å². The maximum atomic E-state index is 12.1. The predicted octanol–water partition coefficient (Wildman–Crippen LogP) is 3.72. The summed E-state index contributed by atoms with van der Waals surface area (Å²) in [6, 6.07) is 17.1. The summed E-state index contributed by atoms with van der Waals surface area (Å²) in [6.07, 6.45) is -0.185. The lowest BCUT2D eigenvalue weighted by atomic mass is 10.0. The van der Waals surface area contributed by atoms with Crippen LogP contribution in [0.4, 0.5) is 4.79 Å². The molecule has 0 radical (unpaired) electrons. The van der Waals surface area contributed by atoms with E-state index in [9.17, 15) is 4.79 Å². The van der Waals surface area contributed by atoms with Crippen molar-refractivity contribution in [3.8, 4) is 11.1 Å². The van der Waals surface area contributed by atoms with E-state index in [1.54, 1.807) is 0 Å². The van der Waals surface area contributed by atoms with E-state index in [4.69, 9.17) is 10.5 Å². The Bertz CT molecular complexity index is 783. The molecule has 2 N–H and O–H groups in total. The van der Waals surface area contributed by atoms with E-state index in [0.29, 0.717) is 19.1 Å². The molecule has 2 aromatic carbocycles. The van der Waals surface area contributed by atoms with E-state index in [-0.39, 0.29) is 6.09 Å². The van der Waals surface area contributed by atoms with E-state index in [1.165, 1.54) is 16.7 Å². The predicted molar refractivity (Wildman–Crippen MR) is 113 cm³/mol. The molecule has 0 spiro atoms. The van der Waals surface area contributed by atoms with Crippen molar-refractivity contribution in [3.05, 3.63) is 59.7 Å². The number of rotatable bonds is 6. The van der Waals surface area contributed by atoms with E-state index < -0.39 is 0 Å². The lowest BCUT2D eigenvalue weighted by molar-refractivity contribution is 0.0676. The molecule has 1 heterocycles. The topological polar surface area (TPSA) is 58.8 Å². The van der Waals surface area contributed by atoms with Gasteiger partial charge in [-0.2, -0.15) is 0 Å². The van der Waals surface area contributed by atoms with Gasteiger partial charge < -0.3 is 15.4 Å². The first kappa shape index (κ1) is 20.4. The number of piperazine rings is 1. The molecule has 0 aromatic heterocycles. The Morgan fingerprint density at radius 3 is 2.21 bits per heavy atom. The second kappa shape index (κ2) is 9.71. The highest BCUT2D eigenvalue weighted by molar-refractivity contribution is 5.67. The minimum Gasteiger partial charge on any atom is -0.449 e. The normalized spacial score (nSPS) is 15.1. The number of ether oxygens (including phenoxy) is 1. The Balaban J connectivity index is 1.56. The van der Waals surface area contributed by atoms with Crippen molar-refractivity contribution in [2.75, 3.05) is 32.8 Å². The van der Waals surface area contributed by atoms with Crippen molar-refractivity contribution in [1.82, 2.24) is 9.80 Å². The monoisotopic (exact) mass is 381 g/mol. The third-order valence-corrected chi connectivity index (χ3v) is 5.00. The first-order valence-electron chi connectivity index (χ1n) is 10.1. The highest BCUT2D eigenvalue weighted by Gasteiger charge is 2.22. The summed E-state index contributed by atoms with van der Waals surface area (Å²) in [5, 5.41) is 0. The molecule has 150 valence electrons. The van der Waals surface area contributed by atoms with Gasteiger partial charge in [0.2, 0.25) is 0 Å². The summed E-state index contributed by atoms with van der Waals surface area (Å²) < 4.78 is 5.34. The quantitative estimate of drug-likeness (QED) is 0.828. The number of benzene rings is 2. The molecule has 0 unspecified atom stereocenters. The molecule has 1 aliphatic rings. The summed E-state index contributed by atoms with van der Waals surface area (Å²) in [5.41, 5.74) is 10.6. The van der Waals surface area contributed by atoms with E-state index in [0.717, 1.165) is 38.3 Å². The molecular formula is C23H31N3O2. The molecule has 0 atom stereocenters. The highest BCUT2D eigenvalue weighted by atomic mass is 16.6. The maximum Gasteiger partial charge on any atom is 0.409 e. The van der Waals surface area contributed by atoms with Crippen LogP contribution in [0.25, 0.3) is 11.1 Å². The summed E-state index contributed by atoms with van der Waals surface area (Å²) in [7, 11) is 0. The van der Waals surface area contributed by atoms with Gasteiger partial charge in [0.1, 0.15) is 0 Å². The van der Waals surface area contributed by atoms with Gasteiger partial charge in [-0.05, 0) is 40.3 Å². The second-order valence-electron chi connectivity index (χ2n) is 7.84. The smallest absolute Gasteiger partial charge is 0.409 e. The number of hydrogen-bond acceptors (Lipinski definition) is 4. The minimum atomic E-state index is -0.185. The Morgan fingerprint density at radius 1 is 1.00 bits per heavy atom. The minimum absolute atomic E-state index is 0.185. The van der Waals surface area contributed by atoms with Gasteiger partial charge in [-0.3, -0.25) is 4.90 Å². The Morgan fingerprint density at radius 2 is 1.61 bits per heavy atom. The van der Waals surface area contributed by atoms with Gasteiger partial charge in [-0.1, -0.05) is 50.2 Å². The Labute approximate surface area is 168 Å². The van der Waals surface area contributed by atoms with Crippen LogP contribution in [0.1, 0.15) is 25.0 Å². The lowest BCUT2D eigenvalue weighted by Crippen LogP contribution is -2.48. The molecule has 1 aliphatic heterocycles. The molecule has 5 nitrogen and oxygen atoms in total. The maximum absolute atomic E-state index is 12.1. The third-order valence-electron chi connectivity index (χ3n) is 5.00. The average Bonchev–Trinajstić information content (AvgIpc) is 2.73. The Hall–Kier alpha value is -2.37. The zero-order valence-corrected chi connectivity index (χ0v) is 16.9. The van der Waals surface area contributed by atoms with Crippen molar-refractivity contribution in [1.29, 1.82) is 0 Å². The SMILES string of the molecule is CC(C)COC(=O)N1CCN(Cc2cccc(-c3cccc(CN)c3)c2)CC1. The zero-order chi connectivity index (χ0) is 19.9. The van der Waals surface area contributed by atoms with Crippen LogP contribution in [-0.4, -0.2) is 48.7 Å². The number of carbonyl (C=O) groups excluding carboxylic acids is 1. The molecule has 1 fully saturated rings. The van der Waals surface area contributed by atoms with Crippen LogP contribution in [0.3, 0.4) is 0 Å².